The SMILES string of the molecule is CCC1=C(C)NC(C(N)=O)(C(=O)CC(C)=O)S1. The lowest BCUT2D eigenvalue weighted by atomic mass is 10.1. The minimum Gasteiger partial charge on any atom is -0.366 e. The number of rotatable bonds is 5. The van der Waals surface area contributed by atoms with Crippen molar-refractivity contribution in [3.8, 4) is 0 Å². The maximum atomic E-state index is 12.0. The van der Waals surface area contributed by atoms with Crippen molar-refractivity contribution >= 4 is 29.2 Å². The van der Waals surface area contributed by atoms with Crippen molar-refractivity contribution in [3.05, 3.63) is 10.6 Å². The van der Waals surface area contributed by atoms with Crippen LogP contribution in [0.15, 0.2) is 10.6 Å². The van der Waals surface area contributed by atoms with Gasteiger partial charge in [-0.15, -0.1) is 0 Å². The van der Waals surface area contributed by atoms with Crippen LogP contribution in [-0.2, 0) is 14.4 Å². The molecule has 5 nitrogen and oxygen atoms in total. The van der Waals surface area contributed by atoms with Crippen LogP contribution in [0.5, 0.6) is 0 Å². The molecule has 0 saturated carbocycles. The van der Waals surface area contributed by atoms with E-state index in [4.69, 9.17) is 5.73 Å². The number of nitrogens with two attached hydrogens (primary N) is 1. The minimum atomic E-state index is -1.50. The van der Waals surface area contributed by atoms with E-state index in [-0.39, 0.29) is 12.2 Å². The predicted octanol–water partition coefficient (Wildman–Crippen LogP) is 0.694. The van der Waals surface area contributed by atoms with Gasteiger partial charge in [-0.2, -0.15) is 0 Å². The van der Waals surface area contributed by atoms with Crippen molar-refractivity contribution < 1.29 is 14.4 Å². The lowest BCUT2D eigenvalue weighted by molar-refractivity contribution is -0.132. The van der Waals surface area contributed by atoms with Gasteiger partial charge in [-0.1, -0.05) is 18.7 Å². The fourth-order valence-corrected chi connectivity index (χ4v) is 2.89. The Morgan fingerprint density at radius 1 is 1.41 bits per heavy atom. The summed E-state index contributed by atoms with van der Waals surface area (Å²) in [5.41, 5.74) is 6.08. The number of amides is 1. The van der Waals surface area contributed by atoms with Crippen molar-refractivity contribution in [2.45, 2.75) is 38.5 Å². The molecule has 1 amide bonds. The molecule has 1 aliphatic heterocycles. The molecule has 0 aromatic heterocycles. The first-order valence-corrected chi connectivity index (χ1v) is 6.14. The maximum absolute atomic E-state index is 12.0. The topological polar surface area (TPSA) is 89.3 Å². The molecular weight excluding hydrogens is 240 g/mol. The van der Waals surface area contributed by atoms with Crippen LogP contribution in [0, 0.1) is 0 Å². The normalized spacial score (nSPS) is 23.5. The van der Waals surface area contributed by atoms with Gasteiger partial charge in [0, 0.05) is 10.6 Å². The molecule has 1 unspecified atom stereocenters. The number of carbonyl (C=O) groups is 3. The Balaban J connectivity index is 3.01. The molecule has 94 valence electrons. The number of nitrogens with one attached hydrogen (secondary N) is 1. The van der Waals surface area contributed by atoms with Gasteiger partial charge in [0.15, 0.2) is 5.78 Å². The third kappa shape index (κ3) is 2.52. The van der Waals surface area contributed by atoms with E-state index in [0.29, 0.717) is 6.42 Å². The second-order valence-electron chi connectivity index (χ2n) is 3.98. The van der Waals surface area contributed by atoms with E-state index < -0.39 is 16.6 Å². The Labute approximate surface area is 104 Å². The van der Waals surface area contributed by atoms with E-state index in [0.717, 1.165) is 22.4 Å². The van der Waals surface area contributed by atoms with Crippen LogP contribution in [0.4, 0.5) is 0 Å². The first kappa shape index (κ1) is 13.8. The molecule has 3 N–H and O–H groups in total. The quantitative estimate of drug-likeness (QED) is 0.707. The molecule has 0 aromatic rings. The highest BCUT2D eigenvalue weighted by molar-refractivity contribution is 8.06. The van der Waals surface area contributed by atoms with E-state index >= 15 is 0 Å². The first-order valence-electron chi connectivity index (χ1n) is 5.33. The molecule has 1 heterocycles. The van der Waals surface area contributed by atoms with Crippen molar-refractivity contribution in [2.24, 2.45) is 5.73 Å². The molecule has 1 atom stereocenters. The number of ketones is 2. The third-order valence-corrected chi connectivity index (χ3v) is 4.21. The van der Waals surface area contributed by atoms with Crippen LogP contribution in [0.1, 0.15) is 33.6 Å². The highest BCUT2D eigenvalue weighted by Gasteiger charge is 2.49. The number of allylic oxidation sites excluding steroid dienone is 2. The molecular formula is C11H16N2O3S. The first-order chi connectivity index (χ1) is 7.83. The summed E-state index contributed by atoms with van der Waals surface area (Å²) in [5.74, 6) is -1.51. The van der Waals surface area contributed by atoms with Crippen LogP contribution >= 0.6 is 11.8 Å². The van der Waals surface area contributed by atoms with Gasteiger partial charge in [-0.05, 0) is 20.3 Å². The Bertz CT molecular complexity index is 417. The summed E-state index contributed by atoms with van der Waals surface area (Å²) < 4.78 is 0. The second kappa shape index (κ2) is 4.91. The summed E-state index contributed by atoms with van der Waals surface area (Å²) >= 11 is 1.12. The molecule has 1 rings (SSSR count). The van der Waals surface area contributed by atoms with Gasteiger partial charge in [0.1, 0.15) is 5.78 Å². The van der Waals surface area contributed by atoms with E-state index in [2.05, 4.69) is 5.32 Å². The molecule has 0 bridgehead atoms. The van der Waals surface area contributed by atoms with E-state index in [9.17, 15) is 14.4 Å². The number of carbonyl (C=O) groups excluding carboxylic acids is 3. The highest BCUT2D eigenvalue weighted by Crippen LogP contribution is 2.41. The van der Waals surface area contributed by atoms with Crippen LogP contribution in [0.2, 0.25) is 0 Å². The monoisotopic (exact) mass is 256 g/mol. The Hall–Kier alpha value is -1.30. The molecule has 0 spiro atoms. The van der Waals surface area contributed by atoms with E-state index in [1.165, 1.54) is 6.92 Å². The number of Topliss-reactive ketones (excluding diaryl/α,β-unsaturated/α-hetero) is 2. The second-order valence-corrected chi connectivity index (χ2v) is 5.29. The molecule has 0 radical (unpaired) electrons. The van der Waals surface area contributed by atoms with Gasteiger partial charge < -0.3 is 11.1 Å². The molecule has 17 heavy (non-hydrogen) atoms. The zero-order valence-electron chi connectivity index (χ0n) is 10.1. The molecule has 6 heteroatoms. The summed E-state index contributed by atoms with van der Waals surface area (Å²) in [7, 11) is 0. The van der Waals surface area contributed by atoms with Gasteiger partial charge in [0.25, 0.3) is 5.91 Å². The summed E-state index contributed by atoms with van der Waals surface area (Å²) in [5, 5.41) is 2.84. The minimum absolute atomic E-state index is 0.277. The van der Waals surface area contributed by atoms with Crippen molar-refractivity contribution in [1.29, 1.82) is 0 Å². The van der Waals surface area contributed by atoms with Gasteiger partial charge in [0.2, 0.25) is 4.87 Å². The van der Waals surface area contributed by atoms with Gasteiger partial charge in [0.05, 0.1) is 6.42 Å². The average molecular weight is 256 g/mol. The van der Waals surface area contributed by atoms with Crippen LogP contribution in [-0.4, -0.2) is 22.3 Å². The Kier molecular flexibility index (Phi) is 3.98. The summed E-state index contributed by atoms with van der Waals surface area (Å²) in [4.78, 5) is 33.9. The molecule has 0 saturated heterocycles. The van der Waals surface area contributed by atoms with Crippen LogP contribution < -0.4 is 11.1 Å². The average Bonchev–Trinajstić information content (AvgIpc) is 2.55. The smallest absolute Gasteiger partial charge is 0.261 e. The summed E-state index contributed by atoms with van der Waals surface area (Å²) in [6.07, 6.45) is 0.430. The zero-order chi connectivity index (χ0) is 13.2. The van der Waals surface area contributed by atoms with Crippen molar-refractivity contribution in [3.63, 3.8) is 0 Å². The molecule has 1 aliphatic rings. The maximum Gasteiger partial charge on any atom is 0.261 e. The summed E-state index contributed by atoms with van der Waals surface area (Å²) in [6, 6.07) is 0. The number of thioether (sulfide) groups is 1. The third-order valence-electron chi connectivity index (χ3n) is 2.53. The lowest BCUT2D eigenvalue weighted by Crippen LogP contribution is -2.56. The van der Waals surface area contributed by atoms with Crippen LogP contribution in [0.3, 0.4) is 0 Å². The number of hydrogen-bond acceptors (Lipinski definition) is 5. The largest absolute Gasteiger partial charge is 0.366 e. The van der Waals surface area contributed by atoms with E-state index in [1.54, 1.807) is 6.92 Å². The summed E-state index contributed by atoms with van der Waals surface area (Å²) in [6.45, 7) is 5.03. The fourth-order valence-electron chi connectivity index (χ4n) is 1.68. The molecule has 0 aromatic carbocycles. The number of hydrogen-bond donors (Lipinski definition) is 2. The van der Waals surface area contributed by atoms with Gasteiger partial charge in [-0.3, -0.25) is 14.4 Å². The van der Waals surface area contributed by atoms with Crippen LogP contribution in [0.25, 0.3) is 0 Å². The number of primary amides is 1. The van der Waals surface area contributed by atoms with Crippen molar-refractivity contribution in [1.82, 2.24) is 5.32 Å². The predicted molar refractivity (Wildman–Crippen MR) is 65.9 cm³/mol. The van der Waals surface area contributed by atoms with Gasteiger partial charge in [-0.25, -0.2) is 0 Å². The Morgan fingerprint density at radius 2 is 2.00 bits per heavy atom. The Morgan fingerprint density at radius 3 is 2.35 bits per heavy atom. The highest BCUT2D eigenvalue weighted by atomic mass is 32.2. The van der Waals surface area contributed by atoms with Gasteiger partial charge >= 0.3 is 0 Å². The lowest BCUT2D eigenvalue weighted by Gasteiger charge is -2.24. The molecule has 0 fully saturated rings. The van der Waals surface area contributed by atoms with E-state index in [1.807, 2.05) is 6.92 Å². The zero-order valence-corrected chi connectivity index (χ0v) is 10.9. The van der Waals surface area contributed by atoms with Crippen molar-refractivity contribution in [2.75, 3.05) is 0 Å². The fraction of sp³-hybridized carbons (Fsp3) is 0.545. The molecule has 0 aliphatic carbocycles. The standard InChI is InChI=1S/C11H16N2O3S/c1-4-8-7(3)13-11(17-8,10(12)16)9(15)5-6(2)14/h13H,4-5H2,1-3H3,(H2,12,16).